The largest absolute Gasteiger partial charge is 0.358 e. The smallest absolute Gasteiger partial charge is 0.256 e. The fourth-order valence-electron chi connectivity index (χ4n) is 3.65. The third-order valence-electron chi connectivity index (χ3n) is 5.56. The van der Waals surface area contributed by atoms with Crippen LogP contribution >= 0.6 is 23.1 Å². The normalized spacial score (nSPS) is 14.4. The first-order valence-electron chi connectivity index (χ1n) is 11.2. The van der Waals surface area contributed by atoms with Gasteiger partial charge in [-0.3, -0.25) is 9.59 Å². The Bertz CT molecular complexity index is 1290. The summed E-state index contributed by atoms with van der Waals surface area (Å²) in [6, 6.07) is 15.5. The quantitative estimate of drug-likeness (QED) is 0.425. The summed E-state index contributed by atoms with van der Waals surface area (Å²) in [6.07, 6.45) is 2.77. The highest BCUT2D eigenvalue weighted by atomic mass is 32.2. The van der Waals surface area contributed by atoms with Crippen molar-refractivity contribution in [2.24, 2.45) is 0 Å². The van der Waals surface area contributed by atoms with Crippen LogP contribution in [0.25, 0.3) is 11.3 Å². The van der Waals surface area contributed by atoms with E-state index in [1.807, 2.05) is 30.3 Å². The molecule has 0 spiro atoms. The molecule has 0 aliphatic carbocycles. The van der Waals surface area contributed by atoms with Crippen LogP contribution in [0.2, 0.25) is 0 Å². The van der Waals surface area contributed by atoms with Gasteiger partial charge in [0.25, 0.3) is 5.91 Å². The number of rotatable bonds is 8. The van der Waals surface area contributed by atoms with E-state index in [0.29, 0.717) is 33.7 Å². The first kappa shape index (κ1) is 25.4. The lowest BCUT2D eigenvalue weighted by atomic mass is 10.1. The summed E-state index contributed by atoms with van der Waals surface area (Å²) in [5, 5.41) is 6.05. The fraction of sp³-hybridized carbons (Fsp3) is 0.292. The van der Waals surface area contributed by atoms with Crippen molar-refractivity contribution in [2.75, 3.05) is 31.2 Å². The van der Waals surface area contributed by atoms with Gasteiger partial charge in [0.2, 0.25) is 15.9 Å². The number of thiazole rings is 1. The number of carbonyl (C=O) groups excluding carboxylic acids is 2. The Morgan fingerprint density at radius 3 is 2.37 bits per heavy atom. The van der Waals surface area contributed by atoms with E-state index in [1.54, 1.807) is 7.05 Å². The average Bonchev–Trinajstić information content (AvgIpc) is 3.30. The van der Waals surface area contributed by atoms with Crippen molar-refractivity contribution < 1.29 is 18.0 Å². The Balaban J connectivity index is 1.53. The Kier molecular flexibility index (Phi) is 8.22. The molecule has 2 heterocycles. The minimum atomic E-state index is -3.56. The molecular weight excluding hydrogens is 504 g/mol. The molecule has 1 saturated heterocycles. The summed E-state index contributed by atoms with van der Waals surface area (Å²) in [4.78, 5) is 29.5. The Hall–Kier alpha value is -2.73. The van der Waals surface area contributed by atoms with Gasteiger partial charge < -0.3 is 10.6 Å². The molecule has 1 fully saturated rings. The topological polar surface area (TPSA) is 108 Å². The van der Waals surface area contributed by atoms with Crippen molar-refractivity contribution in [1.29, 1.82) is 0 Å². The second-order valence-electron chi connectivity index (χ2n) is 7.93. The van der Waals surface area contributed by atoms with Crippen LogP contribution in [0.1, 0.15) is 29.6 Å². The number of anilines is 1. The molecular formula is C24H26N4O4S3. The highest BCUT2D eigenvalue weighted by Crippen LogP contribution is 2.37. The van der Waals surface area contributed by atoms with Crippen LogP contribution in [-0.2, 0) is 14.8 Å². The lowest BCUT2D eigenvalue weighted by Gasteiger charge is -2.25. The van der Waals surface area contributed by atoms with Gasteiger partial charge in [0, 0.05) is 31.3 Å². The van der Waals surface area contributed by atoms with E-state index in [2.05, 4.69) is 15.6 Å². The SMILES string of the molecule is CNC(=O)CSc1nc(-c2ccccc2)c(NC(=O)c2ccc(S(=O)(=O)N3CCCCC3)cc2)s1. The summed E-state index contributed by atoms with van der Waals surface area (Å²) in [6.45, 7) is 1.05. The monoisotopic (exact) mass is 530 g/mol. The van der Waals surface area contributed by atoms with Crippen molar-refractivity contribution >= 4 is 49.9 Å². The maximum Gasteiger partial charge on any atom is 0.256 e. The van der Waals surface area contributed by atoms with Gasteiger partial charge >= 0.3 is 0 Å². The van der Waals surface area contributed by atoms with E-state index in [4.69, 9.17) is 0 Å². The number of amides is 2. The van der Waals surface area contributed by atoms with Gasteiger partial charge in [0.05, 0.1) is 10.6 Å². The molecule has 3 aromatic rings. The summed E-state index contributed by atoms with van der Waals surface area (Å²) in [5.74, 6) is -0.259. The second kappa shape index (κ2) is 11.3. The Labute approximate surface area is 213 Å². The van der Waals surface area contributed by atoms with E-state index in [-0.39, 0.29) is 22.5 Å². The van der Waals surface area contributed by atoms with Crippen LogP contribution in [0.3, 0.4) is 0 Å². The van der Waals surface area contributed by atoms with Crippen molar-refractivity contribution in [2.45, 2.75) is 28.5 Å². The summed E-state index contributed by atoms with van der Waals surface area (Å²) < 4.78 is 27.9. The van der Waals surface area contributed by atoms with E-state index < -0.39 is 10.0 Å². The molecule has 2 aromatic carbocycles. The molecule has 0 radical (unpaired) electrons. The number of sulfonamides is 1. The van der Waals surface area contributed by atoms with E-state index >= 15 is 0 Å². The van der Waals surface area contributed by atoms with Gasteiger partial charge in [-0.2, -0.15) is 4.31 Å². The summed E-state index contributed by atoms with van der Waals surface area (Å²) in [7, 11) is -1.98. The molecule has 2 amide bonds. The van der Waals surface area contributed by atoms with E-state index in [1.165, 1.54) is 51.7 Å². The number of piperidine rings is 1. The molecule has 8 nitrogen and oxygen atoms in total. The molecule has 1 aliphatic heterocycles. The zero-order valence-corrected chi connectivity index (χ0v) is 21.6. The zero-order valence-electron chi connectivity index (χ0n) is 19.2. The lowest BCUT2D eigenvalue weighted by Crippen LogP contribution is -2.35. The molecule has 1 aromatic heterocycles. The molecule has 0 saturated carbocycles. The number of hydrogen-bond donors (Lipinski definition) is 2. The first-order valence-corrected chi connectivity index (χ1v) is 14.4. The molecule has 0 atom stereocenters. The number of aromatic nitrogens is 1. The Morgan fingerprint density at radius 2 is 1.71 bits per heavy atom. The minimum absolute atomic E-state index is 0.114. The number of thioether (sulfide) groups is 1. The van der Waals surface area contributed by atoms with Gasteiger partial charge in [0.15, 0.2) is 4.34 Å². The number of nitrogens with one attached hydrogen (secondary N) is 2. The first-order chi connectivity index (χ1) is 16.9. The second-order valence-corrected chi connectivity index (χ2v) is 12.1. The van der Waals surface area contributed by atoms with Crippen LogP contribution in [-0.4, -0.2) is 55.4 Å². The predicted molar refractivity (Wildman–Crippen MR) is 139 cm³/mol. The summed E-state index contributed by atoms with van der Waals surface area (Å²) in [5.41, 5.74) is 1.80. The van der Waals surface area contributed by atoms with Gasteiger partial charge in [-0.15, -0.1) is 0 Å². The Morgan fingerprint density at radius 1 is 1.03 bits per heavy atom. The van der Waals surface area contributed by atoms with E-state index in [9.17, 15) is 18.0 Å². The third-order valence-corrected chi connectivity index (χ3v) is 9.58. The molecule has 4 rings (SSSR count). The average molecular weight is 531 g/mol. The molecule has 11 heteroatoms. The minimum Gasteiger partial charge on any atom is -0.358 e. The molecule has 35 heavy (non-hydrogen) atoms. The lowest BCUT2D eigenvalue weighted by molar-refractivity contribution is -0.118. The van der Waals surface area contributed by atoms with E-state index in [0.717, 1.165) is 24.8 Å². The summed E-state index contributed by atoms with van der Waals surface area (Å²) >= 11 is 2.59. The van der Waals surface area contributed by atoms with Gasteiger partial charge in [-0.25, -0.2) is 13.4 Å². The van der Waals surface area contributed by atoms with Crippen LogP contribution in [0, 0.1) is 0 Å². The maximum absolute atomic E-state index is 13.0. The van der Waals surface area contributed by atoms with Gasteiger partial charge in [0.1, 0.15) is 10.7 Å². The zero-order chi connectivity index (χ0) is 24.8. The van der Waals surface area contributed by atoms with Crippen molar-refractivity contribution in [3.05, 3.63) is 60.2 Å². The van der Waals surface area contributed by atoms with Crippen LogP contribution in [0.5, 0.6) is 0 Å². The fourth-order valence-corrected chi connectivity index (χ4v) is 7.10. The van der Waals surface area contributed by atoms with Gasteiger partial charge in [-0.1, -0.05) is 59.9 Å². The number of nitrogens with zero attached hydrogens (tertiary/aromatic N) is 2. The third kappa shape index (κ3) is 6.10. The highest BCUT2D eigenvalue weighted by Gasteiger charge is 2.26. The molecule has 1 aliphatic rings. The van der Waals surface area contributed by atoms with Crippen LogP contribution in [0.4, 0.5) is 5.00 Å². The molecule has 0 unspecified atom stereocenters. The number of benzene rings is 2. The number of hydrogen-bond acceptors (Lipinski definition) is 7. The predicted octanol–water partition coefficient (Wildman–Crippen LogP) is 4.08. The van der Waals surface area contributed by atoms with Gasteiger partial charge in [-0.05, 0) is 37.1 Å². The molecule has 2 N–H and O–H groups in total. The number of carbonyl (C=O) groups is 2. The van der Waals surface area contributed by atoms with Crippen molar-refractivity contribution in [3.8, 4) is 11.3 Å². The van der Waals surface area contributed by atoms with Crippen LogP contribution < -0.4 is 10.6 Å². The standard InChI is InChI=1S/C24H26N4O4S3/c1-25-20(29)16-33-24-26-21(17-8-4-2-5-9-17)23(34-24)27-22(30)18-10-12-19(13-11-18)35(31,32)28-14-6-3-7-15-28/h2,4-5,8-13H,3,6-7,14-16H2,1H3,(H,25,29)(H,27,30). The van der Waals surface area contributed by atoms with Crippen molar-refractivity contribution in [1.82, 2.24) is 14.6 Å². The van der Waals surface area contributed by atoms with Crippen LogP contribution in [0.15, 0.2) is 63.8 Å². The molecule has 184 valence electrons. The molecule has 0 bridgehead atoms. The van der Waals surface area contributed by atoms with Crippen molar-refractivity contribution in [3.63, 3.8) is 0 Å². The highest BCUT2D eigenvalue weighted by molar-refractivity contribution is 8.01. The maximum atomic E-state index is 13.0.